The van der Waals surface area contributed by atoms with Gasteiger partial charge in [0.25, 0.3) is 5.69 Å². The largest absolute Gasteiger partial charge is 0.450 e. The fourth-order valence-corrected chi connectivity index (χ4v) is 2.96. The first-order valence-corrected chi connectivity index (χ1v) is 8.17. The van der Waals surface area contributed by atoms with Gasteiger partial charge in [0.1, 0.15) is 5.76 Å². The minimum atomic E-state index is -0.473. The van der Waals surface area contributed by atoms with Gasteiger partial charge < -0.3 is 4.42 Å². The zero-order chi connectivity index (χ0) is 17.6. The average Bonchev–Trinajstić information content (AvgIpc) is 3.07. The van der Waals surface area contributed by atoms with E-state index in [1.54, 1.807) is 24.3 Å². The SMILES string of the molecule is N#CC(=Cc1ccc(Sc2ccccc2)o1)c1ccc([N+](=O)[O-])cc1. The lowest BCUT2D eigenvalue weighted by Crippen LogP contribution is -1.88. The molecule has 25 heavy (non-hydrogen) atoms. The molecular weight excluding hydrogens is 336 g/mol. The van der Waals surface area contributed by atoms with Gasteiger partial charge in [-0.3, -0.25) is 10.1 Å². The summed E-state index contributed by atoms with van der Waals surface area (Å²) in [5.41, 5.74) is 0.961. The van der Waals surface area contributed by atoms with E-state index in [1.165, 1.54) is 23.9 Å². The number of non-ortho nitro benzene ring substituents is 1. The Morgan fingerprint density at radius 2 is 1.80 bits per heavy atom. The highest BCUT2D eigenvalue weighted by molar-refractivity contribution is 7.99. The Morgan fingerprint density at radius 1 is 1.08 bits per heavy atom. The van der Waals surface area contributed by atoms with E-state index in [-0.39, 0.29) is 5.69 Å². The van der Waals surface area contributed by atoms with E-state index in [0.717, 1.165) is 9.99 Å². The minimum absolute atomic E-state index is 0.0133. The molecule has 0 atom stereocenters. The second kappa shape index (κ2) is 7.51. The number of rotatable bonds is 5. The Morgan fingerprint density at radius 3 is 2.44 bits per heavy atom. The van der Waals surface area contributed by atoms with E-state index < -0.39 is 4.92 Å². The number of benzene rings is 2. The van der Waals surface area contributed by atoms with Crippen LogP contribution in [0, 0.1) is 21.4 Å². The van der Waals surface area contributed by atoms with Crippen LogP contribution < -0.4 is 0 Å². The molecule has 1 heterocycles. The van der Waals surface area contributed by atoms with E-state index in [2.05, 4.69) is 6.07 Å². The van der Waals surface area contributed by atoms with Gasteiger partial charge in [-0.25, -0.2) is 0 Å². The van der Waals surface area contributed by atoms with Crippen molar-refractivity contribution in [3.63, 3.8) is 0 Å². The summed E-state index contributed by atoms with van der Waals surface area (Å²) in [6.07, 6.45) is 1.62. The molecule has 3 aromatic rings. The van der Waals surface area contributed by atoms with Gasteiger partial charge in [-0.05, 0) is 48.0 Å². The standard InChI is InChI=1S/C19H12N2O3S/c20-13-15(14-6-8-16(9-7-14)21(22)23)12-17-10-11-19(24-17)25-18-4-2-1-3-5-18/h1-12H. The average molecular weight is 348 g/mol. The molecule has 0 N–H and O–H groups in total. The van der Waals surface area contributed by atoms with Gasteiger partial charge in [0.05, 0.1) is 16.6 Å². The van der Waals surface area contributed by atoms with Gasteiger partial charge in [-0.2, -0.15) is 5.26 Å². The fraction of sp³-hybridized carbons (Fsp3) is 0. The van der Waals surface area contributed by atoms with Crippen LogP contribution in [0.15, 0.2) is 81.1 Å². The maximum Gasteiger partial charge on any atom is 0.269 e. The molecule has 0 aliphatic heterocycles. The molecule has 122 valence electrons. The molecule has 0 saturated carbocycles. The van der Waals surface area contributed by atoms with Crippen molar-refractivity contribution in [1.29, 1.82) is 5.26 Å². The number of nitrogens with zero attached hydrogens (tertiary/aromatic N) is 2. The summed E-state index contributed by atoms with van der Waals surface area (Å²) in [6, 6.07) is 21.4. The molecule has 1 aromatic heterocycles. The van der Waals surface area contributed by atoms with Gasteiger partial charge in [-0.1, -0.05) is 30.0 Å². The Balaban J connectivity index is 1.81. The highest BCUT2D eigenvalue weighted by Gasteiger charge is 2.08. The van der Waals surface area contributed by atoms with Crippen LogP contribution in [0.1, 0.15) is 11.3 Å². The lowest BCUT2D eigenvalue weighted by Gasteiger charge is -1.99. The van der Waals surface area contributed by atoms with Crippen LogP contribution in [0.25, 0.3) is 11.6 Å². The molecule has 6 heteroatoms. The Kier molecular flexibility index (Phi) is 4.97. The van der Waals surface area contributed by atoms with Gasteiger partial charge in [-0.15, -0.1) is 0 Å². The molecule has 0 saturated heterocycles. The van der Waals surface area contributed by atoms with Crippen LogP contribution in [0.4, 0.5) is 5.69 Å². The first kappa shape index (κ1) is 16.6. The van der Waals surface area contributed by atoms with Gasteiger partial charge in [0.15, 0.2) is 5.09 Å². The number of nitro benzene ring substituents is 1. The molecule has 0 aliphatic carbocycles. The first-order chi connectivity index (χ1) is 12.2. The maximum absolute atomic E-state index is 10.7. The summed E-state index contributed by atoms with van der Waals surface area (Å²) in [6.45, 7) is 0. The molecule has 0 fully saturated rings. The number of hydrogen-bond donors (Lipinski definition) is 0. The zero-order valence-electron chi connectivity index (χ0n) is 13.0. The van der Waals surface area contributed by atoms with Crippen LogP contribution in [0.3, 0.4) is 0 Å². The van der Waals surface area contributed by atoms with Crippen LogP contribution in [0.2, 0.25) is 0 Å². The number of nitro groups is 1. The smallest absolute Gasteiger partial charge is 0.269 e. The molecule has 0 bridgehead atoms. The lowest BCUT2D eigenvalue weighted by atomic mass is 10.1. The summed E-state index contributed by atoms with van der Waals surface area (Å²) in [4.78, 5) is 11.3. The Bertz CT molecular complexity index is 954. The van der Waals surface area contributed by atoms with E-state index in [4.69, 9.17) is 4.42 Å². The Hall–Kier alpha value is -3.30. The number of furan rings is 1. The lowest BCUT2D eigenvalue weighted by molar-refractivity contribution is -0.384. The molecule has 0 spiro atoms. The van der Waals surface area contributed by atoms with E-state index in [1.807, 2.05) is 36.4 Å². The third-order valence-corrected chi connectivity index (χ3v) is 4.29. The molecule has 3 rings (SSSR count). The van der Waals surface area contributed by atoms with Crippen molar-refractivity contribution >= 4 is 29.1 Å². The second-order valence-corrected chi connectivity index (χ2v) is 6.12. The molecule has 0 amide bonds. The van der Waals surface area contributed by atoms with Gasteiger partial charge >= 0.3 is 0 Å². The number of hydrogen-bond acceptors (Lipinski definition) is 5. The third kappa shape index (κ3) is 4.16. The van der Waals surface area contributed by atoms with E-state index in [9.17, 15) is 15.4 Å². The highest BCUT2D eigenvalue weighted by atomic mass is 32.2. The van der Waals surface area contributed by atoms with Crippen LogP contribution in [-0.4, -0.2) is 4.92 Å². The van der Waals surface area contributed by atoms with Crippen molar-refractivity contribution in [2.24, 2.45) is 0 Å². The normalized spacial score (nSPS) is 11.1. The van der Waals surface area contributed by atoms with Crippen LogP contribution in [-0.2, 0) is 0 Å². The van der Waals surface area contributed by atoms with Crippen molar-refractivity contribution in [1.82, 2.24) is 0 Å². The van der Waals surface area contributed by atoms with Crippen molar-refractivity contribution in [3.8, 4) is 6.07 Å². The fourth-order valence-electron chi connectivity index (χ4n) is 2.16. The summed E-state index contributed by atoms with van der Waals surface area (Å²) < 4.78 is 5.73. The maximum atomic E-state index is 10.7. The van der Waals surface area contributed by atoms with Crippen LogP contribution in [0.5, 0.6) is 0 Å². The van der Waals surface area contributed by atoms with Gasteiger partial charge in [0, 0.05) is 17.0 Å². The molecular formula is C19H12N2O3S. The Labute approximate surface area is 148 Å². The van der Waals surface area contributed by atoms with Gasteiger partial charge in [0.2, 0.25) is 0 Å². The third-order valence-electron chi connectivity index (χ3n) is 3.36. The summed E-state index contributed by atoms with van der Waals surface area (Å²) in [5, 5.41) is 20.8. The summed E-state index contributed by atoms with van der Waals surface area (Å²) in [7, 11) is 0. The van der Waals surface area contributed by atoms with Crippen molar-refractivity contribution < 1.29 is 9.34 Å². The molecule has 0 radical (unpaired) electrons. The second-order valence-electron chi connectivity index (χ2n) is 5.05. The van der Waals surface area contributed by atoms with Crippen molar-refractivity contribution in [3.05, 3.63) is 88.2 Å². The highest BCUT2D eigenvalue weighted by Crippen LogP contribution is 2.30. The van der Waals surface area contributed by atoms with E-state index in [0.29, 0.717) is 16.9 Å². The minimum Gasteiger partial charge on any atom is -0.450 e. The molecule has 5 nitrogen and oxygen atoms in total. The van der Waals surface area contributed by atoms with E-state index >= 15 is 0 Å². The first-order valence-electron chi connectivity index (χ1n) is 7.35. The number of allylic oxidation sites excluding steroid dienone is 1. The quantitative estimate of drug-likeness (QED) is 0.350. The number of nitriles is 1. The monoisotopic (exact) mass is 348 g/mol. The summed E-state index contributed by atoms with van der Waals surface area (Å²) >= 11 is 1.49. The summed E-state index contributed by atoms with van der Waals surface area (Å²) in [5.74, 6) is 0.549. The molecule has 0 aliphatic rings. The zero-order valence-corrected chi connectivity index (χ0v) is 13.8. The topological polar surface area (TPSA) is 80.1 Å². The van der Waals surface area contributed by atoms with Crippen molar-refractivity contribution in [2.45, 2.75) is 9.99 Å². The van der Waals surface area contributed by atoms with Crippen molar-refractivity contribution in [2.75, 3.05) is 0 Å². The predicted octanol–water partition coefficient (Wildman–Crippen LogP) is 5.40. The van der Waals surface area contributed by atoms with Crippen LogP contribution >= 0.6 is 11.8 Å². The molecule has 2 aromatic carbocycles. The molecule has 0 unspecified atom stereocenters. The predicted molar refractivity (Wildman–Crippen MR) is 95.9 cm³/mol.